The van der Waals surface area contributed by atoms with Gasteiger partial charge in [-0.2, -0.15) is 0 Å². The number of benzene rings is 2. The van der Waals surface area contributed by atoms with Gasteiger partial charge in [0, 0.05) is 17.1 Å². The number of aromatic nitrogens is 1. The van der Waals surface area contributed by atoms with Gasteiger partial charge in [-0.25, -0.2) is 13.8 Å². The van der Waals surface area contributed by atoms with Gasteiger partial charge in [0.2, 0.25) is 0 Å². The van der Waals surface area contributed by atoms with Crippen molar-refractivity contribution < 1.29 is 8.78 Å². The van der Waals surface area contributed by atoms with Gasteiger partial charge in [0.15, 0.2) is 11.6 Å². The maximum absolute atomic E-state index is 13.1. The fourth-order valence-corrected chi connectivity index (χ4v) is 1.86. The van der Waals surface area contributed by atoms with Crippen LogP contribution in [0.25, 0.3) is 10.9 Å². The monoisotopic (exact) mass is 256 g/mol. The summed E-state index contributed by atoms with van der Waals surface area (Å²) in [5.74, 6) is -1.16. The molecule has 0 bridgehead atoms. The van der Waals surface area contributed by atoms with Crippen LogP contribution >= 0.6 is 0 Å². The summed E-state index contributed by atoms with van der Waals surface area (Å²) < 4.78 is 25.9. The lowest BCUT2D eigenvalue weighted by atomic mass is 10.2. The zero-order valence-electron chi connectivity index (χ0n) is 9.90. The molecule has 0 amide bonds. The summed E-state index contributed by atoms with van der Waals surface area (Å²) in [7, 11) is 0. The van der Waals surface area contributed by atoms with Gasteiger partial charge in [-0.3, -0.25) is 0 Å². The van der Waals surface area contributed by atoms with Gasteiger partial charge in [0.25, 0.3) is 0 Å². The Morgan fingerprint density at radius 3 is 2.53 bits per heavy atom. The first kappa shape index (κ1) is 11.6. The van der Waals surface area contributed by atoms with Crippen molar-refractivity contribution in [2.75, 3.05) is 5.32 Å². The van der Waals surface area contributed by atoms with Gasteiger partial charge in [0.1, 0.15) is 5.82 Å². The van der Waals surface area contributed by atoms with Crippen LogP contribution in [0.1, 0.15) is 0 Å². The molecule has 0 aliphatic heterocycles. The number of fused-ring (bicyclic) bond motifs is 1. The summed E-state index contributed by atoms with van der Waals surface area (Å²) in [5.41, 5.74) is 1.30. The van der Waals surface area contributed by atoms with E-state index >= 15 is 0 Å². The fourth-order valence-electron chi connectivity index (χ4n) is 1.86. The number of nitrogens with one attached hydrogen (secondary N) is 1. The molecule has 0 saturated heterocycles. The van der Waals surface area contributed by atoms with Crippen molar-refractivity contribution in [2.45, 2.75) is 0 Å². The molecule has 0 saturated carbocycles. The molecule has 0 radical (unpaired) electrons. The Balaban J connectivity index is 1.94. The Morgan fingerprint density at radius 1 is 0.842 bits per heavy atom. The van der Waals surface area contributed by atoms with E-state index in [1.54, 1.807) is 6.07 Å². The second-order valence-corrected chi connectivity index (χ2v) is 4.14. The summed E-state index contributed by atoms with van der Waals surface area (Å²) >= 11 is 0. The number of anilines is 2. The molecule has 2 nitrogen and oxygen atoms in total. The Kier molecular flexibility index (Phi) is 2.83. The van der Waals surface area contributed by atoms with Gasteiger partial charge >= 0.3 is 0 Å². The number of para-hydroxylation sites is 1. The van der Waals surface area contributed by atoms with Crippen molar-refractivity contribution in [2.24, 2.45) is 0 Å². The highest BCUT2D eigenvalue weighted by Gasteiger charge is 2.03. The van der Waals surface area contributed by atoms with Crippen molar-refractivity contribution in [1.82, 2.24) is 4.98 Å². The van der Waals surface area contributed by atoms with Crippen molar-refractivity contribution in [1.29, 1.82) is 0 Å². The maximum Gasteiger partial charge on any atom is 0.160 e. The van der Waals surface area contributed by atoms with Gasteiger partial charge in [-0.1, -0.05) is 18.2 Å². The minimum absolute atomic E-state index is 0.460. The lowest BCUT2D eigenvalue weighted by molar-refractivity contribution is 0.509. The molecular formula is C15H10F2N2. The third kappa shape index (κ3) is 2.38. The fraction of sp³-hybridized carbons (Fsp3) is 0. The van der Waals surface area contributed by atoms with Crippen molar-refractivity contribution in [3.05, 3.63) is 66.2 Å². The van der Waals surface area contributed by atoms with E-state index in [4.69, 9.17) is 0 Å². The molecule has 3 rings (SSSR count). The average molecular weight is 256 g/mol. The topological polar surface area (TPSA) is 24.9 Å². The summed E-state index contributed by atoms with van der Waals surface area (Å²) in [6.07, 6.45) is 0. The Hall–Kier alpha value is -2.49. The van der Waals surface area contributed by atoms with Crippen LogP contribution in [0.4, 0.5) is 20.3 Å². The quantitative estimate of drug-likeness (QED) is 0.741. The largest absolute Gasteiger partial charge is 0.340 e. The number of nitrogens with zero attached hydrogens (tertiary/aromatic N) is 1. The van der Waals surface area contributed by atoms with Crippen LogP contribution in [0.3, 0.4) is 0 Å². The molecule has 0 fully saturated rings. The number of rotatable bonds is 2. The highest BCUT2D eigenvalue weighted by Crippen LogP contribution is 2.20. The maximum atomic E-state index is 13.1. The molecule has 1 heterocycles. The molecule has 1 N–H and O–H groups in total. The second kappa shape index (κ2) is 4.65. The SMILES string of the molecule is Fc1ccc(Nc2ccc3ccccc3n2)cc1F. The van der Waals surface area contributed by atoms with Crippen LogP contribution in [-0.4, -0.2) is 4.98 Å². The average Bonchev–Trinajstić information content (AvgIpc) is 2.43. The van der Waals surface area contributed by atoms with E-state index in [0.29, 0.717) is 11.5 Å². The van der Waals surface area contributed by atoms with Crippen LogP contribution in [0.15, 0.2) is 54.6 Å². The Labute approximate surface area is 108 Å². The van der Waals surface area contributed by atoms with E-state index in [1.807, 2.05) is 30.3 Å². The van der Waals surface area contributed by atoms with E-state index in [2.05, 4.69) is 10.3 Å². The minimum atomic E-state index is -0.884. The van der Waals surface area contributed by atoms with Gasteiger partial charge in [-0.15, -0.1) is 0 Å². The summed E-state index contributed by atoms with van der Waals surface area (Å²) in [5, 5.41) is 3.97. The first-order chi connectivity index (χ1) is 9.22. The minimum Gasteiger partial charge on any atom is -0.340 e. The zero-order chi connectivity index (χ0) is 13.2. The van der Waals surface area contributed by atoms with Gasteiger partial charge < -0.3 is 5.32 Å². The molecule has 2 aromatic carbocycles. The first-order valence-corrected chi connectivity index (χ1v) is 5.80. The summed E-state index contributed by atoms with van der Waals surface area (Å²) in [6.45, 7) is 0. The van der Waals surface area contributed by atoms with Crippen molar-refractivity contribution >= 4 is 22.4 Å². The van der Waals surface area contributed by atoms with Crippen molar-refractivity contribution in [3.63, 3.8) is 0 Å². The molecule has 0 atom stereocenters. The van der Waals surface area contributed by atoms with E-state index in [1.165, 1.54) is 6.07 Å². The molecule has 94 valence electrons. The molecule has 0 aliphatic rings. The highest BCUT2D eigenvalue weighted by atomic mass is 19.2. The first-order valence-electron chi connectivity index (χ1n) is 5.80. The predicted molar refractivity (Wildman–Crippen MR) is 71.4 cm³/mol. The molecule has 0 unspecified atom stereocenters. The second-order valence-electron chi connectivity index (χ2n) is 4.14. The van der Waals surface area contributed by atoms with Gasteiger partial charge in [0.05, 0.1) is 5.52 Å². The van der Waals surface area contributed by atoms with E-state index in [-0.39, 0.29) is 0 Å². The summed E-state index contributed by atoms with van der Waals surface area (Å²) in [6, 6.07) is 15.1. The predicted octanol–water partition coefficient (Wildman–Crippen LogP) is 4.26. The van der Waals surface area contributed by atoms with Crippen LogP contribution in [-0.2, 0) is 0 Å². The third-order valence-electron chi connectivity index (χ3n) is 2.79. The smallest absolute Gasteiger partial charge is 0.160 e. The number of pyridine rings is 1. The molecule has 1 aromatic heterocycles. The lowest BCUT2D eigenvalue weighted by Gasteiger charge is -2.07. The molecule has 0 spiro atoms. The van der Waals surface area contributed by atoms with E-state index in [0.717, 1.165) is 23.0 Å². The van der Waals surface area contributed by atoms with Crippen LogP contribution in [0.2, 0.25) is 0 Å². The molecule has 19 heavy (non-hydrogen) atoms. The summed E-state index contributed by atoms with van der Waals surface area (Å²) in [4.78, 5) is 4.40. The number of hydrogen-bond donors (Lipinski definition) is 1. The third-order valence-corrected chi connectivity index (χ3v) is 2.79. The zero-order valence-corrected chi connectivity index (χ0v) is 9.90. The molecular weight excluding hydrogens is 246 g/mol. The van der Waals surface area contributed by atoms with Crippen LogP contribution in [0, 0.1) is 11.6 Å². The lowest BCUT2D eigenvalue weighted by Crippen LogP contribution is -1.95. The standard InChI is InChI=1S/C15H10F2N2/c16-12-7-6-11(9-13(12)17)18-15-8-5-10-3-1-2-4-14(10)19-15/h1-9H,(H,18,19). The number of halogens is 2. The Bertz CT molecular complexity index is 741. The molecule has 4 heteroatoms. The van der Waals surface area contributed by atoms with Crippen LogP contribution in [0.5, 0.6) is 0 Å². The van der Waals surface area contributed by atoms with Crippen LogP contribution < -0.4 is 5.32 Å². The highest BCUT2D eigenvalue weighted by molar-refractivity contribution is 5.80. The Morgan fingerprint density at radius 2 is 1.68 bits per heavy atom. The molecule has 3 aromatic rings. The van der Waals surface area contributed by atoms with Gasteiger partial charge in [-0.05, 0) is 30.3 Å². The normalized spacial score (nSPS) is 10.6. The van der Waals surface area contributed by atoms with E-state index in [9.17, 15) is 8.78 Å². The van der Waals surface area contributed by atoms with Crippen molar-refractivity contribution in [3.8, 4) is 0 Å². The number of hydrogen-bond acceptors (Lipinski definition) is 2. The molecule has 0 aliphatic carbocycles. The van der Waals surface area contributed by atoms with E-state index < -0.39 is 11.6 Å².